The van der Waals surface area contributed by atoms with Crippen molar-refractivity contribution in [3.63, 3.8) is 0 Å². The number of methoxy groups -OCH3 is 2. The molecule has 0 atom stereocenters. The highest BCUT2D eigenvalue weighted by atomic mass is 32.2. The molecular weight excluding hydrogens is 424 g/mol. The number of carbonyl (C=O) groups is 2. The van der Waals surface area contributed by atoms with Crippen molar-refractivity contribution in [2.75, 3.05) is 37.2 Å². The highest BCUT2D eigenvalue weighted by Gasteiger charge is 2.32. The second kappa shape index (κ2) is 9.19. The van der Waals surface area contributed by atoms with Gasteiger partial charge >= 0.3 is 11.9 Å². The molecule has 0 unspecified atom stereocenters. The zero-order valence-corrected chi connectivity index (χ0v) is 18.1. The first-order valence-corrected chi connectivity index (χ1v) is 10.7. The van der Waals surface area contributed by atoms with Crippen LogP contribution in [0.15, 0.2) is 64.7 Å². The highest BCUT2D eigenvalue weighted by Crippen LogP contribution is 2.29. The van der Waals surface area contributed by atoms with E-state index in [0.29, 0.717) is 11.4 Å². The highest BCUT2D eigenvalue weighted by molar-refractivity contribution is 7.92. The number of aryl methyl sites for hydroxylation is 1. The van der Waals surface area contributed by atoms with Crippen molar-refractivity contribution < 1.29 is 32.2 Å². The second-order valence-corrected chi connectivity index (χ2v) is 8.37. The van der Waals surface area contributed by atoms with E-state index in [1.54, 1.807) is 30.3 Å². The van der Waals surface area contributed by atoms with Crippen LogP contribution in [0.2, 0.25) is 0 Å². The van der Waals surface area contributed by atoms with E-state index in [-0.39, 0.29) is 29.5 Å². The minimum Gasteiger partial charge on any atom is -0.466 e. The van der Waals surface area contributed by atoms with Gasteiger partial charge in [0.1, 0.15) is 12.4 Å². The van der Waals surface area contributed by atoms with E-state index in [4.69, 9.17) is 14.2 Å². The van der Waals surface area contributed by atoms with Gasteiger partial charge in [-0.1, -0.05) is 23.8 Å². The van der Waals surface area contributed by atoms with Gasteiger partial charge < -0.3 is 19.1 Å². The normalized spacial score (nSPS) is 14.2. The molecule has 0 aliphatic carbocycles. The first-order chi connectivity index (χ1) is 14.8. The van der Waals surface area contributed by atoms with Gasteiger partial charge in [0.15, 0.2) is 0 Å². The molecule has 3 rings (SSSR count). The van der Waals surface area contributed by atoms with Gasteiger partial charge in [-0.2, -0.15) is 0 Å². The van der Waals surface area contributed by atoms with Crippen molar-refractivity contribution in [2.45, 2.75) is 11.8 Å². The lowest BCUT2D eigenvalue weighted by atomic mass is 10.1. The van der Waals surface area contributed by atoms with Crippen LogP contribution in [-0.4, -0.2) is 47.9 Å². The predicted octanol–water partition coefficient (Wildman–Crippen LogP) is 2.19. The summed E-state index contributed by atoms with van der Waals surface area (Å²) < 4.78 is 43.2. The first kappa shape index (κ1) is 22.3. The van der Waals surface area contributed by atoms with Crippen LogP contribution in [0.1, 0.15) is 5.56 Å². The number of carbonyl (C=O) groups excluding carboxylic acids is 2. The molecular formula is C21H22N2O7S. The Hall–Kier alpha value is -3.37. The Bertz CT molecular complexity index is 1120. The Balaban J connectivity index is 2.00. The van der Waals surface area contributed by atoms with Crippen LogP contribution in [0.25, 0.3) is 0 Å². The fourth-order valence-corrected chi connectivity index (χ4v) is 4.10. The third-order valence-corrected chi connectivity index (χ3v) is 5.96. The van der Waals surface area contributed by atoms with Gasteiger partial charge in [-0.25, -0.2) is 18.0 Å². The van der Waals surface area contributed by atoms with Crippen molar-refractivity contribution in [3.05, 3.63) is 65.4 Å². The number of sulfonamides is 1. The van der Waals surface area contributed by atoms with E-state index in [9.17, 15) is 18.0 Å². The van der Waals surface area contributed by atoms with Gasteiger partial charge in [-0.15, -0.1) is 0 Å². The number of nitrogens with one attached hydrogen (secondary N) is 1. The maximum Gasteiger partial charge on any atom is 0.355 e. The van der Waals surface area contributed by atoms with Gasteiger partial charge in [-0.3, -0.25) is 4.72 Å². The molecule has 0 fully saturated rings. The molecule has 0 spiro atoms. The lowest BCUT2D eigenvalue weighted by Gasteiger charge is -2.31. The molecule has 2 aromatic carbocycles. The zero-order chi connectivity index (χ0) is 22.6. The molecule has 1 aliphatic heterocycles. The number of esters is 2. The fourth-order valence-electron chi connectivity index (χ4n) is 3.00. The van der Waals surface area contributed by atoms with Crippen molar-refractivity contribution in [1.82, 2.24) is 0 Å². The van der Waals surface area contributed by atoms with Crippen LogP contribution in [0.3, 0.4) is 0 Å². The van der Waals surface area contributed by atoms with Gasteiger partial charge in [0.2, 0.25) is 0 Å². The Morgan fingerprint density at radius 2 is 1.71 bits per heavy atom. The molecule has 10 heteroatoms. The molecule has 2 aromatic rings. The average Bonchev–Trinajstić information content (AvgIpc) is 2.79. The van der Waals surface area contributed by atoms with Crippen LogP contribution in [0.5, 0.6) is 0 Å². The maximum atomic E-state index is 12.9. The summed E-state index contributed by atoms with van der Waals surface area (Å²) in [6.45, 7) is 1.68. The van der Waals surface area contributed by atoms with Crippen molar-refractivity contribution in [2.24, 2.45) is 0 Å². The SMILES string of the molecule is COC(=O)C1=C(C(=O)OC)N(c2cccc(S(=O)(=O)Nc3ccc(C)cc3)c2)COC1. The fraction of sp³-hybridized carbons (Fsp3) is 0.238. The van der Waals surface area contributed by atoms with Gasteiger partial charge in [-0.05, 0) is 37.3 Å². The minimum absolute atomic E-state index is 0.0216. The summed E-state index contributed by atoms with van der Waals surface area (Å²) in [4.78, 5) is 25.9. The largest absolute Gasteiger partial charge is 0.466 e. The maximum absolute atomic E-state index is 12.9. The summed E-state index contributed by atoms with van der Waals surface area (Å²) in [7, 11) is -1.53. The molecule has 0 radical (unpaired) electrons. The number of ether oxygens (including phenoxy) is 3. The molecule has 0 amide bonds. The summed E-state index contributed by atoms with van der Waals surface area (Å²) in [5, 5.41) is 0. The first-order valence-electron chi connectivity index (χ1n) is 9.21. The summed E-state index contributed by atoms with van der Waals surface area (Å²) in [6, 6.07) is 12.8. The molecule has 0 saturated carbocycles. The summed E-state index contributed by atoms with van der Waals surface area (Å²) in [5.41, 5.74) is 1.65. The van der Waals surface area contributed by atoms with E-state index in [1.807, 2.05) is 6.92 Å². The Morgan fingerprint density at radius 3 is 2.35 bits per heavy atom. The lowest BCUT2D eigenvalue weighted by Crippen LogP contribution is -2.38. The third kappa shape index (κ3) is 4.86. The summed E-state index contributed by atoms with van der Waals surface area (Å²) in [5.74, 6) is -1.51. The molecule has 1 N–H and O–H groups in total. The Labute approximate surface area is 180 Å². The molecule has 0 bridgehead atoms. The number of anilines is 2. The van der Waals surface area contributed by atoms with Crippen LogP contribution >= 0.6 is 0 Å². The smallest absolute Gasteiger partial charge is 0.355 e. The van der Waals surface area contributed by atoms with E-state index in [0.717, 1.165) is 5.56 Å². The number of benzene rings is 2. The minimum atomic E-state index is -3.91. The summed E-state index contributed by atoms with van der Waals surface area (Å²) in [6.07, 6.45) is 0. The number of hydrogen-bond acceptors (Lipinski definition) is 8. The van der Waals surface area contributed by atoms with Crippen molar-refractivity contribution in [1.29, 1.82) is 0 Å². The molecule has 164 valence electrons. The molecule has 0 aromatic heterocycles. The van der Waals surface area contributed by atoms with E-state index >= 15 is 0 Å². The standard InChI is InChI=1S/C21H22N2O7S/c1-14-7-9-15(10-8-14)22-31(26,27)17-6-4-5-16(11-17)23-13-30-12-18(20(24)28-2)19(23)21(25)29-3/h4-11,22H,12-13H2,1-3H3. The average molecular weight is 446 g/mol. The van der Waals surface area contributed by atoms with E-state index in [1.165, 1.54) is 37.3 Å². The topological polar surface area (TPSA) is 111 Å². The predicted molar refractivity (Wildman–Crippen MR) is 113 cm³/mol. The molecule has 31 heavy (non-hydrogen) atoms. The molecule has 1 heterocycles. The molecule has 1 aliphatic rings. The monoisotopic (exact) mass is 446 g/mol. The van der Waals surface area contributed by atoms with Crippen LogP contribution in [0.4, 0.5) is 11.4 Å². The molecule has 0 saturated heterocycles. The lowest BCUT2D eigenvalue weighted by molar-refractivity contribution is -0.140. The third-order valence-electron chi connectivity index (χ3n) is 4.58. The number of nitrogens with zero attached hydrogens (tertiary/aromatic N) is 1. The van der Waals surface area contributed by atoms with Crippen LogP contribution in [0, 0.1) is 6.92 Å². The van der Waals surface area contributed by atoms with E-state index < -0.39 is 22.0 Å². The van der Waals surface area contributed by atoms with Crippen molar-refractivity contribution in [3.8, 4) is 0 Å². The quantitative estimate of drug-likeness (QED) is 0.673. The van der Waals surface area contributed by atoms with Crippen LogP contribution in [-0.2, 0) is 33.8 Å². The Morgan fingerprint density at radius 1 is 1.03 bits per heavy atom. The van der Waals surface area contributed by atoms with Gasteiger partial charge in [0.05, 0.1) is 31.3 Å². The Kier molecular flexibility index (Phi) is 6.62. The number of rotatable bonds is 6. The van der Waals surface area contributed by atoms with Crippen molar-refractivity contribution >= 4 is 33.3 Å². The van der Waals surface area contributed by atoms with Gasteiger partial charge in [0, 0.05) is 11.4 Å². The van der Waals surface area contributed by atoms with E-state index in [2.05, 4.69) is 4.72 Å². The summed E-state index contributed by atoms with van der Waals surface area (Å²) >= 11 is 0. The second-order valence-electron chi connectivity index (χ2n) is 6.68. The van der Waals surface area contributed by atoms with Gasteiger partial charge in [0.25, 0.3) is 10.0 Å². The number of hydrogen-bond donors (Lipinski definition) is 1. The molecule has 9 nitrogen and oxygen atoms in total. The zero-order valence-electron chi connectivity index (χ0n) is 17.2. The van der Waals surface area contributed by atoms with Crippen LogP contribution < -0.4 is 9.62 Å².